The first-order valence-corrected chi connectivity index (χ1v) is 25.1. The second-order valence-corrected chi connectivity index (χ2v) is 18.2. The standard InChI is InChI=1S/C29H44O6.C26H38O6/c1-5-6-7-8-9-17-27(30)33-19-18-25-20-26(34-21-32-4)22(2)13-10-11-15-24-16-12-14-23(3)28(24)29(31)35-25;1-3-4-5-6-7-15-24(29)31-17-16-21-18-23(28)19(2)11-8-9-12-20-13-10-14-22(27)25(20)26(30)32-21/h10-12,14,16,22,25-26H,5-9,13,15,17-21H2,1-4H3;8-10,13-14,19,21,23,27-28H,3-7,11-12,15-18H2,1-2H3/b11-10+;9-8+/t22-,25-,26+;19-,21-,23+/m00/s1. The van der Waals surface area contributed by atoms with Crippen LogP contribution in [-0.4, -0.2) is 85.6 Å². The maximum Gasteiger partial charge on any atom is 0.342 e. The van der Waals surface area contributed by atoms with Crippen LogP contribution in [0.4, 0.5) is 0 Å². The van der Waals surface area contributed by atoms with Gasteiger partial charge in [-0.05, 0) is 80.0 Å². The second-order valence-electron chi connectivity index (χ2n) is 18.2. The largest absolute Gasteiger partial charge is 0.507 e. The average Bonchev–Trinajstić information content (AvgIpc) is 3.29. The molecule has 0 bridgehead atoms. The molecule has 2 N–H and O–H groups in total. The Labute approximate surface area is 401 Å². The molecule has 0 fully saturated rings. The number of aromatic hydroxyl groups is 1. The van der Waals surface area contributed by atoms with Gasteiger partial charge in [0.05, 0.1) is 31.0 Å². The van der Waals surface area contributed by atoms with E-state index in [2.05, 4.69) is 32.9 Å². The molecule has 0 saturated carbocycles. The maximum atomic E-state index is 13.3. The van der Waals surface area contributed by atoms with Crippen molar-refractivity contribution in [3.05, 3.63) is 88.5 Å². The molecule has 0 unspecified atom stereocenters. The summed E-state index contributed by atoms with van der Waals surface area (Å²) in [7, 11) is 1.60. The van der Waals surface area contributed by atoms with Gasteiger partial charge in [-0.25, -0.2) is 9.59 Å². The predicted octanol–water partition coefficient (Wildman–Crippen LogP) is 11.4. The van der Waals surface area contributed by atoms with Crippen molar-refractivity contribution >= 4 is 23.9 Å². The third-order valence-electron chi connectivity index (χ3n) is 12.5. The summed E-state index contributed by atoms with van der Waals surface area (Å²) in [6.45, 7) is 10.9. The minimum absolute atomic E-state index is 0.00111. The number of hydrogen-bond acceptors (Lipinski definition) is 12. The van der Waals surface area contributed by atoms with Crippen LogP contribution in [0.5, 0.6) is 5.75 Å². The van der Waals surface area contributed by atoms with Crippen LogP contribution in [-0.2, 0) is 50.9 Å². The lowest BCUT2D eigenvalue weighted by Gasteiger charge is -2.28. The number of benzene rings is 2. The molecule has 2 heterocycles. The number of allylic oxidation sites excluding steroid dienone is 4. The quantitative estimate of drug-likeness (QED) is 0.0401. The van der Waals surface area contributed by atoms with Gasteiger partial charge in [0.1, 0.15) is 30.3 Å². The van der Waals surface area contributed by atoms with Crippen molar-refractivity contribution in [2.45, 2.75) is 187 Å². The smallest absolute Gasteiger partial charge is 0.342 e. The highest BCUT2D eigenvalue weighted by Gasteiger charge is 2.29. The first kappa shape index (κ1) is 56.8. The molecule has 0 saturated heterocycles. The molecule has 0 spiro atoms. The molecular weight excluding hydrogens is 853 g/mol. The Morgan fingerprint density at radius 3 is 1.75 bits per heavy atom. The van der Waals surface area contributed by atoms with Crippen LogP contribution in [0.1, 0.15) is 181 Å². The van der Waals surface area contributed by atoms with E-state index in [-0.39, 0.29) is 73.6 Å². The van der Waals surface area contributed by atoms with E-state index in [0.717, 1.165) is 62.5 Å². The van der Waals surface area contributed by atoms with Crippen molar-refractivity contribution in [2.75, 3.05) is 27.1 Å². The zero-order chi connectivity index (χ0) is 48.8. The van der Waals surface area contributed by atoms with Crippen molar-refractivity contribution in [2.24, 2.45) is 11.8 Å². The van der Waals surface area contributed by atoms with Crippen molar-refractivity contribution in [1.29, 1.82) is 0 Å². The van der Waals surface area contributed by atoms with Crippen molar-refractivity contribution in [3.63, 3.8) is 0 Å². The van der Waals surface area contributed by atoms with E-state index >= 15 is 0 Å². The Kier molecular flexibility index (Phi) is 28.0. The summed E-state index contributed by atoms with van der Waals surface area (Å²) in [5, 5.41) is 20.8. The van der Waals surface area contributed by atoms with E-state index < -0.39 is 24.3 Å². The number of aliphatic hydroxyl groups excluding tert-OH is 1. The first-order valence-electron chi connectivity index (χ1n) is 25.1. The fourth-order valence-electron chi connectivity index (χ4n) is 8.28. The average molecular weight is 935 g/mol. The number of phenols is 1. The van der Waals surface area contributed by atoms with Gasteiger partial charge in [0.2, 0.25) is 0 Å². The van der Waals surface area contributed by atoms with E-state index in [0.29, 0.717) is 62.5 Å². The van der Waals surface area contributed by atoms with Crippen LogP contribution < -0.4 is 0 Å². The molecule has 2 aromatic carbocycles. The predicted molar refractivity (Wildman–Crippen MR) is 261 cm³/mol. The van der Waals surface area contributed by atoms with Gasteiger partial charge in [0.25, 0.3) is 0 Å². The number of esters is 4. The van der Waals surface area contributed by atoms with Gasteiger partial charge in [0.15, 0.2) is 0 Å². The Bertz CT molecular complexity index is 1820. The second kappa shape index (κ2) is 33.1. The Balaban J connectivity index is 0.000000357. The number of aryl methyl sites for hydroxylation is 1. The summed E-state index contributed by atoms with van der Waals surface area (Å²) in [5.41, 5.74) is 3.31. The maximum absolute atomic E-state index is 13.3. The highest BCUT2D eigenvalue weighted by molar-refractivity contribution is 5.94. The van der Waals surface area contributed by atoms with E-state index in [9.17, 15) is 29.4 Å². The highest BCUT2D eigenvalue weighted by atomic mass is 16.7. The number of fused-ring (bicyclic) bond motifs is 2. The number of hydrogen-bond donors (Lipinski definition) is 2. The van der Waals surface area contributed by atoms with Gasteiger partial charge in [-0.1, -0.05) is 134 Å². The van der Waals surface area contributed by atoms with Crippen LogP contribution in [0.3, 0.4) is 0 Å². The number of ether oxygens (including phenoxy) is 6. The number of cyclic esters (lactones) is 2. The Hall–Kier alpha value is -4.52. The van der Waals surface area contributed by atoms with Crippen LogP contribution in [0.25, 0.3) is 0 Å². The van der Waals surface area contributed by atoms with Crippen molar-refractivity contribution in [3.8, 4) is 5.75 Å². The molecule has 2 aromatic rings. The number of phenolic OH excluding ortho intramolecular Hbond substituents is 1. The molecule has 12 heteroatoms. The Morgan fingerprint density at radius 2 is 1.18 bits per heavy atom. The van der Waals surface area contributed by atoms with Gasteiger partial charge >= 0.3 is 23.9 Å². The van der Waals surface area contributed by atoms with Crippen LogP contribution in [0.2, 0.25) is 0 Å². The molecule has 0 radical (unpaired) electrons. The van der Waals surface area contributed by atoms with Crippen molar-refractivity contribution in [1.82, 2.24) is 0 Å². The van der Waals surface area contributed by atoms with Gasteiger partial charge in [-0.15, -0.1) is 0 Å². The number of unbranched alkanes of at least 4 members (excludes halogenated alkanes) is 8. The highest BCUT2D eigenvalue weighted by Crippen LogP contribution is 2.28. The first-order chi connectivity index (χ1) is 32.4. The summed E-state index contributed by atoms with van der Waals surface area (Å²) in [6, 6.07) is 10.8. The molecular formula is C55H82O12. The van der Waals surface area contributed by atoms with Gasteiger partial charge in [-0.2, -0.15) is 0 Å². The van der Waals surface area contributed by atoms with Crippen molar-refractivity contribution < 1.29 is 57.8 Å². The third kappa shape index (κ3) is 22.0. The number of rotatable bonds is 21. The van der Waals surface area contributed by atoms with Crippen LogP contribution in [0.15, 0.2) is 60.7 Å². The lowest BCUT2D eigenvalue weighted by Crippen LogP contribution is -2.32. The molecule has 0 aromatic heterocycles. The number of carbonyl (C=O) groups excluding carboxylic acids is 4. The van der Waals surface area contributed by atoms with E-state index in [1.165, 1.54) is 25.3 Å². The molecule has 0 amide bonds. The van der Waals surface area contributed by atoms with Gasteiger partial charge < -0.3 is 38.6 Å². The third-order valence-corrected chi connectivity index (χ3v) is 12.5. The van der Waals surface area contributed by atoms with Gasteiger partial charge in [-0.3, -0.25) is 9.59 Å². The van der Waals surface area contributed by atoms with E-state index in [1.807, 2.05) is 44.2 Å². The minimum Gasteiger partial charge on any atom is -0.507 e. The zero-order valence-electron chi connectivity index (χ0n) is 41.5. The number of aliphatic hydroxyl groups is 1. The van der Waals surface area contributed by atoms with E-state index in [4.69, 9.17) is 28.4 Å². The molecule has 0 aliphatic carbocycles. The summed E-state index contributed by atoms with van der Waals surface area (Å²) in [5.74, 6) is -1.31. The minimum atomic E-state index is -0.657. The monoisotopic (exact) mass is 935 g/mol. The lowest BCUT2D eigenvalue weighted by atomic mass is 9.93. The molecule has 67 heavy (non-hydrogen) atoms. The normalized spacial score (nSPS) is 22.3. The Morgan fingerprint density at radius 1 is 0.672 bits per heavy atom. The molecule has 6 atom stereocenters. The molecule has 374 valence electrons. The number of carbonyl (C=O) groups is 4. The van der Waals surface area contributed by atoms with Crippen LogP contribution in [0, 0.1) is 18.8 Å². The summed E-state index contributed by atoms with van der Waals surface area (Å²) >= 11 is 0. The molecule has 2 aliphatic rings. The molecule has 4 rings (SSSR count). The van der Waals surface area contributed by atoms with E-state index in [1.54, 1.807) is 19.2 Å². The van der Waals surface area contributed by atoms with Crippen LogP contribution >= 0.6 is 0 Å². The van der Waals surface area contributed by atoms with Gasteiger partial charge in [0, 0.05) is 45.6 Å². The number of methoxy groups -OCH3 is 1. The molecule has 2 aliphatic heterocycles. The summed E-state index contributed by atoms with van der Waals surface area (Å²) < 4.78 is 33.6. The SMILES string of the molecule is CCCCCCCC(=O)OCC[C@H]1C[C@@H](O)[C@@H](C)C/C=C/Cc2cccc(O)c2C(=O)O1.CCCCCCCC(=O)OCC[C@H]1C[C@@H](OCOC)[C@@H](C)C/C=C/Cc2cccc(C)c2C(=O)O1. The zero-order valence-corrected chi connectivity index (χ0v) is 41.5. The fourth-order valence-corrected chi connectivity index (χ4v) is 8.28. The topological polar surface area (TPSA) is 164 Å². The molecule has 12 nitrogen and oxygen atoms in total. The fraction of sp³-hybridized carbons (Fsp3) is 0.636. The summed E-state index contributed by atoms with van der Waals surface area (Å²) in [6.07, 6.45) is 22.1. The lowest BCUT2D eigenvalue weighted by molar-refractivity contribution is -0.145. The summed E-state index contributed by atoms with van der Waals surface area (Å²) in [4.78, 5) is 50.3.